The summed E-state index contributed by atoms with van der Waals surface area (Å²) in [5.41, 5.74) is 0.368. The van der Waals surface area contributed by atoms with E-state index in [4.69, 9.17) is 11.6 Å². The minimum Gasteiger partial charge on any atom is -0.323 e. The molecule has 0 fully saturated rings. The van der Waals surface area contributed by atoms with E-state index in [1.807, 2.05) is 0 Å². The molecule has 0 aliphatic rings. The van der Waals surface area contributed by atoms with Crippen molar-refractivity contribution < 1.29 is 13.6 Å². The summed E-state index contributed by atoms with van der Waals surface area (Å²) in [5, 5.41) is 11.1. The number of rotatable bonds is 5. The summed E-state index contributed by atoms with van der Waals surface area (Å²) in [4.78, 5) is 12.0. The summed E-state index contributed by atoms with van der Waals surface area (Å²) in [5.74, 6) is -1.08. The fraction of sp³-hybridized carbons (Fsp3) is 0.118. The van der Waals surface area contributed by atoms with Crippen LogP contribution in [0.25, 0.3) is 11.4 Å². The Bertz CT molecular complexity index is 964. The monoisotopic (exact) mass is 394 g/mol. The molecule has 0 saturated heterocycles. The van der Waals surface area contributed by atoms with Crippen LogP contribution >= 0.6 is 23.4 Å². The molecule has 1 heterocycles. The van der Waals surface area contributed by atoms with E-state index < -0.39 is 17.5 Å². The molecule has 1 aromatic heterocycles. The lowest BCUT2D eigenvalue weighted by Gasteiger charge is -2.07. The normalized spacial score (nSPS) is 10.8. The van der Waals surface area contributed by atoms with Crippen molar-refractivity contribution in [2.24, 2.45) is 7.05 Å². The van der Waals surface area contributed by atoms with Gasteiger partial charge in [-0.2, -0.15) is 0 Å². The molecule has 5 nitrogen and oxygen atoms in total. The molecule has 134 valence electrons. The maximum Gasteiger partial charge on any atom is 0.234 e. The van der Waals surface area contributed by atoms with Crippen molar-refractivity contribution in [3.8, 4) is 11.4 Å². The van der Waals surface area contributed by atoms with Crippen LogP contribution in [-0.4, -0.2) is 26.4 Å². The Balaban J connectivity index is 1.67. The molecule has 26 heavy (non-hydrogen) atoms. The fourth-order valence-electron chi connectivity index (χ4n) is 2.22. The zero-order valence-electron chi connectivity index (χ0n) is 13.5. The first-order valence-electron chi connectivity index (χ1n) is 7.47. The number of benzene rings is 2. The molecular formula is C17H13ClF2N4OS. The minimum atomic E-state index is -0.614. The second-order valence-electron chi connectivity index (χ2n) is 5.31. The lowest BCUT2D eigenvalue weighted by atomic mass is 10.2. The SMILES string of the molecule is Cn1c(SCC(=O)Nc2ccc(Cl)cc2F)nnc1-c1ccccc1F. The first kappa shape index (κ1) is 18.3. The molecule has 0 bridgehead atoms. The maximum absolute atomic E-state index is 13.9. The van der Waals surface area contributed by atoms with Gasteiger partial charge in [0, 0.05) is 12.1 Å². The molecule has 0 aliphatic heterocycles. The molecule has 3 aromatic rings. The van der Waals surface area contributed by atoms with Gasteiger partial charge in [0.25, 0.3) is 0 Å². The second-order valence-corrected chi connectivity index (χ2v) is 6.68. The Morgan fingerprint density at radius 1 is 1.19 bits per heavy atom. The molecule has 0 radical (unpaired) electrons. The third kappa shape index (κ3) is 4.03. The van der Waals surface area contributed by atoms with Crippen LogP contribution in [0.1, 0.15) is 0 Å². The third-order valence-corrected chi connectivity index (χ3v) is 4.74. The molecule has 3 rings (SSSR count). The van der Waals surface area contributed by atoms with Crippen LogP contribution in [0, 0.1) is 11.6 Å². The highest BCUT2D eigenvalue weighted by Crippen LogP contribution is 2.25. The van der Waals surface area contributed by atoms with Crippen molar-refractivity contribution in [3.05, 3.63) is 59.1 Å². The number of nitrogens with zero attached hydrogens (tertiary/aromatic N) is 3. The van der Waals surface area contributed by atoms with Gasteiger partial charge in [-0.3, -0.25) is 4.79 Å². The van der Waals surface area contributed by atoms with Crippen LogP contribution in [0.15, 0.2) is 47.6 Å². The summed E-state index contributed by atoms with van der Waals surface area (Å²) in [7, 11) is 1.68. The maximum atomic E-state index is 13.9. The second kappa shape index (κ2) is 7.84. The van der Waals surface area contributed by atoms with E-state index in [1.54, 1.807) is 29.8 Å². The van der Waals surface area contributed by atoms with Gasteiger partial charge in [-0.05, 0) is 30.3 Å². The Hall–Kier alpha value is -2.45. The van der Waals surface area contributed by atoms with Gasteiger partial charge in [-0.1, -0.05) is 35.5 Å². The standard InChI is InChI=1S/C17H13ClF2N4OS/c1-24-16(11-4-2-3-5-12(11)19)22-23-17(24)26-9-15(25)21-14-7-6-10(18)8-13(14)20/h2-8H,9H2,1H3,(H,21,25). The molecule has 0 atom stereocenters. The van der Waals surface area contributed by atoms with E-state index in [0.717, 1.165) is 17.8 Å². The van der Waals surface area contributed by atoms with Gasteiger partial charge < -0.3 is 9.88 Å². The van der Waals surface area contributed by atoms with Crippen LogP contribution in [0.3, 0.4) is 0 Å². The van der Waals surface area contributed by atoms with Gasteiger partial charge in [0.1, 0.15) is 11.6 Å². The fourth-order valence-corrected chi connectivity index (χ4v) is 3.09. The topological polar surface area (TPSA) is 59.8 Å². The Kier molecular flexibility index (Phi) is 5.53. The predicted molar refractivity (Wildman–Crippen MR) is 97.2 cm³/mol. The lowest BCUT2D eigenvalue weighted by Crippen LogP contribution is -2.15. The minimum absolute atomic E-state index is 0.00862. The van der Waals surface area contributed by atoms with Crippen LogP contribution < -0.4 is 5.32 Å². The average Bonchev–Trinajstić information content (AvgIpc) is 2.97. The molecule has 1 N–H and O–H groups in total. The Morgan fingerprint density at radius 2 is 1.96 bits per heavy atom. The van der Waals surface area contributed by atoms with E-state index in [0.29, 0.717) is 16.5 Å². The quantitative estimate of drug-likeness (QED) is 0.660. The molecule has 0 saturated carbocycles. The highest BCUT2D eigenvalue weighted by molar-refractivity contribution is 7.99. The van der Waals surface area contributed by atoms with E-state index in [1.165, 1.54) is 18.2 Å². The summed E-state index contributed by atoms with van der Waals surface area (Å²) in [6.07, 6.45) is 0. The molecule has 1 amide bonds. The third-order valence-electron chi connectivity index (χ3n) is 3.49. The van der Waals surface area contributed by atoms with Crippen LogP contribution in [0.4, 0.5) is 14.5 Å². The molecule has 0 aliphatic carbocycles. The smallest absolute Gasteiger partial charge is 0.234 e. The van der Waals surface area contributed by atoms with Crippen LogP contribution in [0.2, 0.25) is 5.02 Å². The Labute approximate surface area is 157 Å². The number of carbonyl (C=O) groups is 1. The molecule has 0 spiro atoms. The van der Waals surface area contributed by atoms with Gasteiger partial charge in [-0.15, -0.1) is 10.2 Å². The number of thioether (sulfide) groups is 1. The van der Waals surface area contributed by atoms with Crippen molar-refractivity contribution in [2.75, 3.05) is 11.1 Å². The van der Waals surface area contributed by atoms with E-state index in [9.17, 15) is 13.6 Å². The number of aromatic nitrogens is 3. The van der Waals surface area contributed by atoms with Gasteiger partial charge in [0.05, 0.1) is 17.0 Å². The van der Waals surface area contributed by atoms with Crippen molar-refractivity contribution >= 4 is 35.0 Å². The van der Waals surface area contributed by atoms with Crippen molar-refractivity contribution in [1.29, 1.82) is 0 Å². The summed E-state index contributed by atoms with van der Waals surface area (Å²) in [6, 6.07) is 10.2. The van der Waals surface area contributed by atoms with E-state index >= 15 is 0 Å². The van der Waals surface area contributed by atoms with E-state index in [2.05, 4.69) is 15.5 Å². The van der Waals surface area contributed by atoms with Gasteiger partial charge in [0.2, 0.25) is 5.91 Å². The number of hydrogen-bond donors (Lipinski definition) is 1. The van der Waals surface area contributed by atoms with Gasteiger partial charge in [0.15, 0.2) is 11.0 Å². The Morgan fingerprint density at radius 3 is 2.69 bits per heavy atom. The van der Waals surface area contributed by atoms with Crippen molar-refractivity contribution in [1.82, 2.24) is 14.8 Å². The highest BCUT2D eigenvalue weighted by Gasteiger charge is 2.16. The molecule has 9 heteroatoms. The van der Waals surface area contributed by atoms with Crippen LogP contribution in [0.5, 0.6) is 0 Å². The van der Waals surface area contributed by atoms with Crippen molar-refractivity contribution in [3.63, 3.8) is 0 Å². The molecule has 2 aromatic carbocycles. The summed E-state index contributed by atoms with van der Waals surface area (Å²) < 4.78 is 29.2. The number of carbonyl (C=O) groups excluding carboxylic acids is 1. The first-order valence-corrected chi connectivity index (χ1v) is 8.84. The predicted octanol–water partition coefficient (Wildman–Crippen LogP) is 4.14. The number of halogens is 3. The number of anilines is 1. The van der Waals surface area contributed by atoms with Crippen molar-refractivity contribution in [2.45, 2.75) is 5.16 Å². The molecule has 0 unspecified atom stereocenters. The number of amides is 1. The number of hydrogen-bond acceptors (Lipinski definition) is 4. The first-order chi connectivity index (χ1) is 12.5. The van der Waals surface area contributed by atoms with Crippen LogP contribution in [-0.2, 0) is 11.8 Å². The largest absolute Gasteiger partial charge is 0.323 e. The van der Waals surface area contributed by atoms with Gasteiger partial charge in [-0.25, -0.2) is 8.78 Å². The molecular weight excluding hydrogens is 382 g/mol. The zero-order chi connectivity index (χ0) is 18.7. The number of nitrogens with one attached hydrogen (secondary N) is 1. The highest BCUT2D eigenvalue weighted by atomic mass is 35.5. The summed E-state index contributed by atoms with van der Waals surface area (Å²) in [6.45, 7) is 0. The van der Waals surface area contributed by atoms with E-state index in [-0.39, 0.29) is 16.5 Å². The average molecular weight is 395 g/mol. The lowest BCUT2D eigenvalue weighted by molar-refractivity contribution is -0.113. The van der Waals surface area contributed by atoms with Gasteiger partial charge >= 0.3 is 0 Å². The summed E-state index contributed by atoms with van der Waals surface area (Å²) >= 11 is 6.79. The zero-order valence-corrected chi connectivity index (χ0v) is 15.1.